The number of nitrogens with one attached hydrogen (secondary N) is 1. The fourth-order valence-electron chi connectivity index (χ4n) is 1.65. The lowest BCUT2D eigenvalue weighted by molar-refractivity contribution is 0.0844. The second-order valence-electron chi connectivity index (χ2n) is 4.43. The third kappa shape index (κ3) is 4.15. The van der Waals surface area contributed by atoms with Crippen molar-refractivity contribution in [3.63, 3.8) is 0 Å². The van der Waals surface area contributed by atoms with Gasteiger partial charge < -0.3 is 10.4 Å². The van der Waals surface area contributed by atoms with Crippen LogP contribution in [0.4, 0.5) is 0 Å². The van der Waals surface area contributed by atoms with Crippen LogP contribution in [0.25, 0.3) is 0 Å². The minimum Gasteiger partial charge on any atom is -0.388 e. The molecule has 0 bridgehead atoms. The van der Waals surface area contributed by atoms with E-state index in [0.29, 0.717) is 6.54 Å². The Labute approximate surface area is 101 Å². The van der Waals surface area contributed by atoms with Gasteiger partial charge in [0, 0.05) is 25.9 Å². The number of aliphatic hydroxyl groups is 1. The first-order chi connectivity index (χ1) is 7.44. The maximum Gasteiger partial charge on any atom is 0.0833 e. The number of rotatable bonds is 6. The van der Waals surface area contributed by atoms with Crippen molar-refractivity contribution in [3.05, 3.63) is 17.5 Å². The van der Waals surface area contributed by atoms with Crippen LogP contribution in [0.5, 0.6) is 0 Å². The summed E-state index contributed by atoms with van der Waals surface area (Å²) in [6.45, 7) is 5.16. The van der Waals surface area contributed by atoms with Crippen LogP contribution in [0, 0.1) is 6.92 Å². The molecule has 0 aliphatic carbocycles. The van der Waals surface area contributed by atoms with E-state index in [0.717, 1.165) is 23.7 Å². The van der Waals surface area contributed by atoms with Crippen LogP contribution >= 0.6 is 11.8 Å². The smallest absolute Gasteiger partial charge is 0.0833 e. The molecule has 0 aromatic carbocycles. The molecule has 1 unspecified atom stereocenters. The first-order valence-electron chi connectivity index (χ1n) is 5.36. The predicted octanol–water partition coefficient (Wildman–Crippen LogP) is 0.932. The lowest BCUT2D eigenvalue weighted by atomic mass is 10.1. The van der Waals surface area contributed by atoms with E-state index in [1.807, 2.05) is 31.8 Å². The lowest BCUT2D eigenvalue weighted by Gasteiger charge is -2.22. The zero-order chi connectivity index (χ0) is 12.2. The van der Waals surface area contributed by atoms with Crippen LogP contribution in [0.3, 0.4) is 0 Å². The summed E-state index contributed by atoms with van der Waals surface area (Å²) < 4.78 is 1.87. The summed E-state index contributed by atoms with van der Waals surface area (Å²) in [4.78, 5) is 0. The number of nitrogens with zero attached hydrogens (tertiary/aromatic N) is 2. The fourth-order valence-corrected chi connectivity index (χ4v) is 2.38. The second kappa shape index (κ2) is 5.70. The van der Waals surface area contributed by atoms with Crippen molar-refractivity contribution in [2.75, 3.05) is 18.6 Å². The molecule has 0 amide bonds. The average molecular weight is 243 g/mol. The summed E-state index contributed by atoms with van der Waals surface area (Å²) in [7, 11) is 1.93. The third-order valence-electron chi connectivity index (χ3n) is 2.37. The molecule has 2 N–H and O–H groups in total. The largest absolute Gasteiger partial charge is 0.388 e. The van der Waals surface area contributed by atoms with E-state index in [1.54, 1.807) is 11.8 Å². The number of hydrogen-bond donors (Lipinski definition) is 2. The molecule has 0 aliphatic rings. The molecule has 5 heteroatoms. The Morgan fingerprint density at radius 1 is 1.62 bits per heavy atom. The van der Waals surface area contributed by atoms with Gasteiger partial charge in [0.15, 0.2) is 0 Å². The summed E-state index contributed by atoms with van der Waals surface area (Å²) in [6, 6.07) is 2.05. The van der Waals surface area contributed by atoms with Gasteiger partial charge in [0.25, 0.3) is 0 Å². The summed E-state index contributed by atoms with van der Waals surface area (Å²) in [6.07, 6.45) is 2.00. The highest BCUT2D eigenvalue weighted by atomic mass is 32.2. The Bertz CT molecular complexity index is 336. The molecule has 4 nitrogen and oxygen atoms in total. The first kappa shape index (κ1) is 13.5. The van der Waals surface area contributed by atoms with Gasteiger partial charge in [0.2, 0.25) is 0 Å². The maximum absolute atomic E-state index is 9.96. The molecule has 0 saturated carbocycles. The van der Waals surface area contributed by atoms with Crippen molar-refractivity contribution < 1.29 is 5.11 Å². The molecular weight excluding hydrogens is 222 g/mol. The molecule has 92 valence electrons. The molecule has 1 aromatic rings. The van der Waals surface area contributed by atoms with Gasteiger partial charge >= 0.3 is 0 Å². The van der Waals surface area contributed by atoms with Crippen molar-refractivity contribution in [2.24, 2.45) is 7.05 Å². The first-order valence-corrected chi connectivity index (χ1v) is 6.75. The Kier molecular flexibility index (Phi) is 4.83. The second-order valence-corrected chi connectivity index (χ2v) is 5.30. The summed E-state index contributed by atoms with van der Waals surface area (Å²) in [5.41, 5.74) is 1.51. The van der Waals surface area contributed by atoms with Gasteiger partial charge in [-0.25, -0.2) is 0 Å². The van der Waals surface area contributed by atoms with Crippen LogP contribution < -0.4 is 5.32 Å². The maximum atomic E-state index is 9.96. The monoisotopic (exact) mass is 243 g/mol. The molecule has 1 heterocycles. The van der Waals surface area contributed by atoms with Crippen LogP contribution in [0.1, 0.15) is 18.3 Å². The quantitative estimate of drug-likeness (QED) is 0.780. The Balaban J connectivity index is 2.38. The average Bonchev–Trinajstić information content (AvgIpc) is 2.44. The number of thioether (sulfide) groups is 1. The number of aryl methyl sites for hydroxylation is 2. The van der Waals surface area contributed by atoms with E-state index >= 15 is 0 Å². The molecule has 1 aromatic heterocycles. The van der Waals surface area contributed by atoms with E-state index < -0.39 is 5.60 Å². The lowest BCUT2D eigenvalue weighted by Crippen LogP contribution is -2.39. The molecular formula is C11H21N3OS. The molecule has 0 radical (unpaired) electrons. The molecule has 0 spiro atoms. The highest BCUT2D eigenvalue weighted by Gasteiger charge is 2.18. The van der Waals surface area contributed by atoms with Gasteiger partial charge in [-0.2, -0.15) is 16.9 Å². The third-order valence-corrected chi connectivity index (χ3v) is 3.28. The van der Waals surface area contributed by atoms with E-state index in [4.69, 9.17) is 0 Å². The minimum absolute atomic E-state index is 0.595. The van der Waals surface area contributed by atoms with Gasteiger partial charge in [0.05, 0.1) is 17.0 Å². The zero-order valence-electron chi connectivity index (χ0n) is 10.4. The van der Waals surface area contributed by atoms with Gasteiger partial charge in [-0.1, -0.05) is 0 Å². The Hall–Kier alpha value is -0.520. The van der Waals surface area contributed by atoms with Crippen molar-refractivity contribution in [3.8, 4) is 0 Å². The Morgan fingerprint density at radius 3 is 2.81 bits per heavy atom. The van der Waals surface area contributed by atoms with Gasteiger partial charge in [-0.15, -0.1) is 0 Å². The zero-order valence-corrected chi connectivity index (χ0v) is 11.3. The van der Waals surface area contributed by atoms with Crippen LogP contribution in [0.2, 0.25) is 0 Å². The Morgan fingerprint density at radius 2 is 2.31 bits per heavy atom. The van der Waals surface area contributed by atoms with Crippen LogP contribution in [0.15, 0.2) is 6.07 Å². The molecule has 0 aliphatic heterocycles. The van der Waals surface area contributed by atoms with E-state index in [9.17, 15) is 5.11 Å². The van der Waals surface area contributed by atoms with E-state index in [1.165, 1.54) is 0 Å². The highest BCUT2D eigenvalue weighted by molar-refractivity contribution is 7.98. The van der Waals surface area contributed by atoms with Crippen molar-refractivity contribution in [1.82, 2.24) is 15.1 Å². The fraction of sp³-hybridized carbons (Fsp3) is 0.727. The SMILES string of the molecule is CSCC(C)(O)CNCc1cc(C)nn1C. The van der Waals surface area contributed by atoms with Gasteiger partial charge in [0.1, 0.15) is 0 Å². The van der Waals surface area contributed by atoms with E-state index in [2.05, 4.69) is 16.5 Å². The van der Waals surface area contributed by atoms with Crippen molar-refractivity contribution in [1.29, 1.82) is 0 Å². The molecule has 1 rings (SSSR count). The van der Waals surface area contributed by atoms with Gasteiger partial charge in [-0.3, -0.25) is 4.68 Å². The predicted molar refractivity (Wildman–Crippen MR) is 68.7 cm³/mol. The minimum atomic E-state index is -0.646. The molecule has 16 heavy (non-hydrogen) atoms. The summed E-state index contributed by atoms with van der Waals surface area (Å²) >= 11 is 1.65. The summed E-state index contributed by atoms with van der Waals surface area (Å²) in [5, 5.41) is 17.5. The molecule has 1 atom stereocenters. The molecule has 0 fully saturated rings. The van der Waals surface area contributed by atoms with Gasteiger partial charge in [-0.05, 0) is 26.2 Å². The summed E-state index contributed by atoms with van der Waals surface area (Å²) in [5.74, 6) is 0.740. The van der Waals surface area contributed by atoms with Crippen molar-refractivity contribution >= 4 is 11.8 Å². The standard InChI is InChI=1S/C11H21N3OS/c1-9-5-10(14(3)13-9)6-12-7-11(2,15)8-16-4/h5,12,15H,6-8H2,1-4H3. The van der Waals surface area contributed by atoms with Crippen LogP contribution in [-0.2, 0) is 13.6 Å². The van der Waals surface area contributed by atoms with E-state index in [-0.39, 0.29) is 0 Å². The topological polar surface area (TPSA) is 50.1 Å². The number of aromatic nitrogens is 2. The normalized spacial score (nSPS) is 15.1. The van der Waals surface area contributed by atoms with Crippen molar-refractivity contribution in [2.45, 2.75) is 26.0 Å². The molecule has 0 saturated heterocycles. The highest BCUT2D eigenvalue weighted by Crippen LogP contribution is 2.09. The van der Waals surface area contributed by atoms with Crippen LogP contribution in [-0.4, -0.2) is 39.0 Å². The number of hydrogen-bond acceptors (Lipinski definition) is 4.